The lowest BCUT2D eigenvalue weighted by Gasteiger charge is -2.18. The number of nitrogens with zero attached hydrogens (tertiary/aromatic N) is 1. The van der Waals surface area contributed by atoms with E-state index in [2.05, 4.69) is 0 Å². The van der Waals surface area contributed by atoms with E-state index in [1.165, 1.54) is 24.3 Å². The van der Waals surface area contributed by atoms with Crippen LogP contribution in [-0.2, 0) is 9.84 Å². The standard InChI is InChI=1S/C13H18N2O4S/c14-13(10-3-1-2-4-10)9-20(18,19)12-7-5-11(6-8-12)15(16)17/h5-8,10,13H,1-4,9,14H2. The minimum atomic E-state index is -3.49. The highest BCUT2D eigenvalue weighted by molar-refractivity contribution is 7.91. The highest BCUT2D eigenvalue weighted by atomic mass is 32.2. The van der Waals surface area contributed by atoms with Crippen LogP contribution in [0.3, 0.4) is 0 Å². The molecule has 0 aromatic heterocycles. The van der Waals surface area contributed by atoms with Crippen LogP contribution in [0.15, 0.2) is 29.2 Å². The Morgan fingerprint density at radius 2 is 1.80 bits per heavy atom. The van der Waals surface area contributed by atoms with Gasteiger partial charge < -0.3 is 5.73 Å². The van der Waals surface area contributed by atoms with Crippen molar-refractivity contribution in [2.75, 3.05) is 5.75 Å². The second-order valence-electron chi connectivity index (χ2n) is 5.24. The summed E-state index contributed by atoms with van der Waals surface area (Å²) in [4.78, 5) is 10.1. The van der Waals surface area contributed by atoms with Gasteiger partial charge in [0, 0.05) is 18.2 Å². The summed E-state index contributed by atoms with van der Waals surface area (Å²) in [5.74, 6) is 0.165. The van der Waals surface area contributed by atoms with E-state index in [0.29, 0.717) is 0 Å². The van der Waals surface area contributed by atoms with Gasteiger partial charge in [-0.1, -0.05) is 12.8 Å². The van der Waals surface area contributed by atoms with E-state index in [-0.39, 0.29) is 28.3 Å². The van der Waals surface area contributed by atoms with Crippen molar-refractivity contribution in [3.63, 3.8) is 0 Å². The molecule has 0 aliphatic heterocycles. The van der Waals surface area contributed by atoms with Crippen molar-refractivity contribution < 1.29 is 13.3 Å². The van der Waals surface area contributed by atoms with Crippen LogP contribution in [0.25, 0.3) is 0 Å². The minimum absolute atomic E-state index is 0.0940. The predicted octanol–water partition coefficient (Wildman–Crippen LogP) is 1.89. The maximum atomic E-state index is 12.2. The molecular weight excluding hydrogens is 280 g/mol. The number of rotatable bonds is 5. The van der Waals surface area contributed by atoms with E-state index < -0.39 is 14.8 Å². The Labute approximate surface area is 118 Å². The summed E-state index contributed by atoms with van der Waals surface area (Å²) in [6.07, 6.45) is 4.18. The molecule has 2 rings (SSSR count). The van der Waals surface area contributed by atoms with Crippen molar-refractivity contribution in [3.05, 3.63) is 34.4 Å². The molecule has 1 fully saturated rings. The van der Waals surface area contributed by atoms with Crippen molar-refractivity contribution in [1.82, 2.24) is 0 Å². The third kappa shape index (κ3) is 3.34. The molecule has 0 bridgehead atoms. The fraction of sp³-hybridized carbons (Fsp3) is 0.538. The number of nitro groups is 1. The Kier molecular flexibility index (Phi) is 4.39. The third-order valence-electron chi connectivity index (χ3n) is 3.82. The molecule has 110 valence electrons. The molecule has 6 nitrogen and oxygen atoms in total. The lowest BCUT2D eigenvalue weighted by atomic mass is 10.0. The smallest absolute Gasteiger partial charge is 0.269 e. The Bertz CT molecular complexity index is 577. The van der Waals surface area contributed by atoms with Gasteiger partial charge in [0.05, 0.1) is 15.6 Å². The van der Waals surface area contributed by atoms with Gasteiger partial charge in [-0.3, -0.25) is 10.1 Å². The zero-order valence-electron chi connectivity index (χ0n) is 11.1. The van der Waals surface area contributed by atoms with Crippen molar-refractivity contribution in [1.29, 1.82) is 0 Å². The van der Waals surface area contributed by atoms with E-state index >= 15 is 0 Å². The molecule has 1 aliphatic carbocycles. The van der Waals surface area contributed by atoms with Crippen LogP contribution in [0.4, 0.5) is 5.69 Å². The van der Waals surface area contributed by atoms with Gasteiger partial charge >= 0.3 is 0 Å². The number of sulfone groups is 1. The van der Waals surface area contributed by atoms with Gasteiger partial charge in [-0.2, -0.15) is 0 Å². The van der Waals surface area contributed by atoms with Crippen LogP contribution >= 0.6 is 0 Å². The molecule has 0 saturated heterocycles. The maximum absolute atomic E-state index is 12.2. The quantitative estimate of drug-likeness (QED) is 0.660. The van der Waals surface area contributed by atoms with Crippen LogP contribution in [0.2, 0.25) is 0 Å². The molecule has 1 aromatic rings. The van der Waals surface area contributed by atoms with Crippen LogP contribution in [0.1, 0.15) is 25.7 Å². The first-order chi connectivity index (χ1) is 9.40. The van der Waals surface area contributed by atoms with Gasteiger partial charge in [0.15, 0.2) is 9.84 Å². The lowest BCUT2D eigenvalue weighted by Crippen LogP contribution is -2.35. The monoisotopic (exact) mass is 298 g/mol. The molecule has 0 amide bonds. The number of non-ortho nitro benzene ring substituents is 1. The average Bonchev–Trinajstić information content (AvgIpc) is 2.92. The van der Waals surface area contributed by atoms with Crippen molar-refractivity contribution >= 4 is 15.5 Å². The molecule has 1 atom stereocenters. The van der Waals surface area contributed by atoms with E-state index in [0.717, 1.165) is 25.7 Å². The minimum Gasteiger partial charge on any atom is -0.327 e. The topological polar surface area (TPSA) is 103 Å². The molecule has 1 aliphatic rings. The van der Waals surface area contributed by atoms with E-state index in [9.17, 15) is 18.5 Å². The molecule has 20 heavy (non-hydrogen) atoms. The van der Waals surface area contributed by atoms with E-state index in [1.807, 2.05) is 0 Å². The summed E-state index contributed by atoms with van der Waals surface area (Å²) in [6, 6.07) is 4.59. The average molecular weight is 298 g/mol. The lowest BCUT2D eigenvalue weighted by molar-refractivity contribution is -0.384. The molecule has 0 spiro atoms. The van der Waals surface area contributed by atoms with E-state index in [4.69, 9.17) is 5.73 Å². The molecular formula is C13H18N2O4S. The van der Waals surface area contributed by atoms with Crippen molar-refractivity contribution in [2.24, 2.45) is 11.7 Å². The van der Waals surface area contributed by atoms with Gasteiger partial charge in [0.25, 0.3) is 5.69 Å². The normalized spacial score (nSPS) is 18.1. The molecule has 1 saturated carbocycles. The van der Waals surface area contributed by atoms with Gasteiger partial charge in [0.2, 0.25) is 0 Å². The number of nitro benzene ring substituents is 1. The number of hydrogen-bond acceptors (Lipinski definition) is 5. The number of nitrogens with two attached hydrogens (primary N) is 1. The first kappa shape index (κ1) is 14.9. The summed E-state index contributed by atoms with van der Waals surface area (Å²) >= 11 is 0. The Balaban J connectivity index is 2.11. The summed E-state index contributed by atoms with van der Waals surface area (Å²) in [5.41, 5.74) is 5.87. The first-order valence-corrected chi connectivity index (χ1v) is 8.28. The summed E-state index contributed by atoms with van der Waals surface area (Å²) in [5, 5.41) is 10.5. The molecule has 1 unspecified atom stereocenters. The number of hydrogen-bond donors (Lipinski definition) is 1. The zero-order chi connectivity index (χ0) is 14.8. The van der Waals surface area contributed by atoms with Gasteiger partial charge in [0.1, 0.15) is 0 Å². The summed E-state index contributed by atoms with van der Waals surface area (Å²) < 4.78 is 24.5. The van der Waals surface area contributed by atoms with Crippen molar-refractivity contribution in [2.45, 2.75) is 36.6 Å². The molecule has 1 aromatic carbocycles. The Morgan fingerprint density at radius 3 is 2.30 bits per heavy atom. The first-order valence-electron chi connectivity index (χ1n) is 6.63. The van der Waals surface area contributed by atoms with Crippen LogP contribution in [0, 0.1) is 16.0 Å². The van der Waals surface area contributed by atoms with Crippen molar-refractivity contribution in [3.8, 4) is 0 Å². The highest BCUT2D eigenvalue weighted by Gasteiger charge is 2.27. The molecule has 7 heteroatoms. The fourth-order valence-electron chi connectivity index (χ4n) is 2.65. The van der Waals surface area contributed by atoms with E-state index in [1.54, 1.807) is 0 Å². The second-order valence-corrected chi connectivity index (χ2v) is 7.28. The molecule has 0 heterocycles. The van der Waals surface area contributed by atoms with Gasteiger partial charge in [-0.05, 0) is 30.9 Å². The number of benzene rings is 1. The third-order valence-corrected chi connectivity index (χ3v) is 5.64. The highest BCUT2D eigenvalue weighted by Crippen LogP contribution is 2.28. The summed E-state index contributed by atoms with van der Waals surface area (Å²) in [7, 11) is -3.49. The maximum Gasteiger partial charge on any atom is 0.269 e. The largest absolute Gasteiger partial charge is 0.327 e. The Morgan fingerprint density at radius 1 is 1.25 bits per heavy atom. The molecule has 0 radical (unpaired) electrons. The van der Waals surface area contributed by atoms with Crippen LogP contribution < -0.4 is 5.73 Å². The van der Waals surface area contributed by atoms with Gasteiger partial charge in [-0.25, -0.2) is 8.42 Å². The van der Waals surface area contributed by atoms with Crippen LogP contribution in [0.5, 0.6) is 0 Å². The second kappa shape index (κ2) is 5.88. The molecule has 2 N–H and O–H groups in total. The SMILES string of the molecule is NC(CS(=O)(=O)c1ccc([N+](=O)[O-])cc1)C1CCCC1. The zero-order valence-corrected chi connectivity index (χ0v) is 11.9. The summed E-state index contributed by atoms with van der Waals surface area (Å²) in [6.45, 7) is 0. The van der Waals surface area contributed by atoms with Crippen LogP contribution in [-0.4, -0.2) is 25.1 Å². The fourth-order valence-corrected chi connectivity index (χ4v) is 4.17. The Hall–Kier alpha value is -1.47. The predicted molar refractivity (Wildman–Crippen MR) is 75.1 cm³/mol. The van der Waals surface area contributed by atoms with Gasteiger partial charge in [-0.15, -0.1) is 0 Å².